The van der Waals surface area contributed by atoms with Crippen molar-refractivity contribution in [3.63, 3.8) is 0 Å². The molecule has 7 heteroatoms. The zero-order valence-electron chi connectivity index (χ0n) is 11.8. The molecule has 2 amide bonds. The average Bonchev–Trinajstić information content (AvgIpc) is 2.40. The van der Waals surface area contributed by atoms with Gasteiger partial charge in [-0.15, -0.1) is 0 Å². The SMILES string of the molecule is CCC(CC)N(CCOC)C(=O)NCC(O)C(=O)O. The summed E-state index contributed by atoms with van der Waals surface area (Å²) in [6.07, 6.45) is 0.0134. The summed E-state index contributed by atoms with van der Waals surface area (Å²) in [7, 11) is 1.55. The number of ether oxygens (including phenoxy) is 1. The van der Waals surface area contributed by atoms with Gasteiger partial charge in [-0.2, -0.15) is 0 Å². The van der Waals surface area contributed by atoms with Crippen LogP contribution in [0, 0.1) is 0 Å². The topological polar surface area (TPSA) is 99.1 Å². The number of nitrogens with one attached hydrogen (secondary N) is 1. The Labute approximate surface area is 113 Å². The van der Waals surface area contributed by atoms with Crippen molar-refractivity contribution in [2.75, 3.05) is 26.8 Å². The van der Waals surface area contributed by atoms with Crippen molar-refractivity contribution in [3.8, 4) is 0 Å². The quantitative estimate of drug-likeness (QED) is 0.561. The molecule has 0 aliphatic heterocycles. The molecule has 0 aromatic rings. The summed E-state index contributed by atoms with van der Waals surface area (Å²) >= 11 is 0. The highest BCUT2D eigenvalue weighted by Crippen LogP contribution is 2.08. The van der Waals surface area contributed by atoms with Crippen molar-refractivity contribution in [1.29, 1.82) is 0 Å². The van der Waals surface area contributed by atoms with E-state index in [-0.39, 0.29) is 18.6 Å². The second kappa shape index (κ2) is 9.57. The first-order valence-electron chi connectivity index (χ1n) is 6.42. The largest absolute Gasteiger partial charge is 0.479 e. The zero-order chi connectivity index (χ0) is 14.8. The summed E-state index contributed by atoms with van der Waals surface area (Å²) in [6, 6.07) is -0.317. The van der Waals surface area contributed by atoms with E-state index in [1.54, 1.807) is 12.0 Å². The number of aliphatic hydroxyl groups excluding tert-OH is 1. The van der Waals surface area contributed by atoms with Crippen molar-refractivity contribution in [1.82, 2.24) is 10.2 Å². The maximum Gasteiger partial charge on any atom is 0.334 e. The number of amides is 2. The van der Waals surface area contributed by atoms with Gasteiger partial charge in [0.25, 0.3) is 0 Å². The van der Waals surface area contributed by atoms with Crippen LogP contribution in [-0.4, -0.2) is 66.1 Å². The standard InChI is InChI=1S/C12H24N2O5/c1-4-9(5-2)14(6-7-19-3)12(18)13-8-10(15)11(16)17/h9-10,15H,4-8H2,1-3H3,(H,13,18)(H,16,17). The molecule has 0 aliphatic rings. The summed E-state index contributed by atoms with van der Waals surface area (Å²) in [5.74, 6) is -1.36. The number of hydrogen-bond donors (Lipinski definition) is 3. The molecule has 7 nitrogen and oxygen atoms in total. The number of aliphatic carboxylic acids is 1. The first-order valence-corrected chi connectivity index (χ1v) is 6.42. The molecule has 0 bridgehead atoms. The fourth-order valence-electron chi connectivity index (χ4n) is 1.74. The molecule has 0 aromatic heterocycles. The first kappa shape index (κ1) is 17.7. The van der Waals surface area contributed by atoms with Gasteiger partial charge in [-0.1, -0.05) is 13.8 Å². The van der Waals surface area contributed by atoms with E-state index in [1.165, 1.54) is 0 Å². The van der Waals surface area contributed by atoms with Gasteiger partial charge in [0.05, 0.1) is 13.2 Å². The maximum absolute atomic E-state index is 12.0. The molecule has 0 aliphatic carbocycles. The molecule has 0 fully saturated rings. The minimum atomic E-state index is -1.59. The Hall–Kier alpha value is -1.34. The first-order chi connectivity index (χ1) is 8.97. The van der Waals surface area contributed by atoms with Gasteiger partial charge in [-0.3, -0.25) is 0 Å². The summed E-state index contributed by atoms with van der Waals surface area (Å²) < 4.78 is 4.96. The second-order valence-electron chi connectivity index (χ2n) is 4.20. The molecule has 112 valence electrons. The number of urea groups is 1. The van der Waals surface area contributed by atoms with E-state index in [4.69, 9.17) is 14.9 Å². The Morgan fingerprint density at radius 3 is 2.32 bits per heavy atom. The van der Waals surface area contributed by atoms with Crippen LogP contribution in [0.15, 0.2) is 0 Å². The van der Waals surface area contributed by atoms with Crippen molar-refractivity contribution in [2.24, 2.45) is 0 Å². The highest BCUT2D eigenvalue weighted by molar-refractivity contribution is 5.77. The van der Waals surface area contributed by atoms with E-state index in [1.807, 2.05) is 13.8 Å². The van der Waals surface area contributed by atoms with E-state index in [0.717, 1.165) is 12.8 Å². The zero-order valence-corrected chi connectivity index (χ0v) is 11.8. The van der Waals surface area contributed by atoms with E-state index < -0.39 is 12.1 Å². The molecule has 1 atom stereocenters. The minimum Gasteiger partial charge on any atom is -0.479 e. The van der Waals surface area contributed by atoms with Gasteiger partial charge in [0.15, 0.2) is 6.10 Å². The van der Waals surface area contributed by atoms with Crippen molar-refractivity contribution in [3.05, 3.63) is 0 Å². The molecule has 0 aromatic carbocycles. The number of carbonyl (C=O) groups is 2. The van der Waals surface area contributed by atoms with Crippen molar-refractivity contribution >= 4 is 12.0 Å². The Morgan fingerprint density at radius 2 is 1.89 bits per heavy atom. The molecular weight excluding hydrogens is 252 g/mol. The van der Waals surface area contributed by atoms with Gasteiger partial charge in [-0.05, 0) is 12.8 Å². The number of hydrogen-bond acceptors (Lipinski definition) is 4. The van der Waals surface area contributed by atoms with Gasteiger partial charge in [0.2, 0.25) is 0 Å². The Kier molecular flexibility index (Phi) is 8.90. The molecule has 0 radical (unpaired) electrons. The van der Waals surface area contributed by atoms with E-state index in [0.29, 0.717) is 13.2 Å². The van der Waals surface area contributed by atoms with Gasteiger partial charge in [-0.25, -0.2) is 9.59 Å². The normalized spacial score (nSPS) is 12.3. The lowest BCUT2D eigenvalue weighted by Gasteiger charge is -2.30. The fraction of sp³-hybridized carbons (Fsp3) is 0.833. The monoisotopic (exact) mass is 276 g/mol. The number of carbonyl (C=O) groups excluding carboxylic acids is 1. The lowest BCUT2D eigenvalue weighted by Crippen LogP contribution is -2.49. The number of carboxylic acids is 1. The van der Waals surface area contributed by atoms with E-state index in [9.17, 15) is 9.59 Å². The molecule has 0 heterocycles. The van der Waals surface area contributed by atoms with E-state index >= 15 is 0 Å². The number of carboxylic acid groups (broad SMARTS) is 1. The highest BCUT2D eigenvalue weighted by atomic mass is 16.5. The van der Waals surface area contributed by atoms with Crippen LogP contribution in [0.4, 0.5) is 4.79 Å². The third kappa shape index (κ3) is 6.40. The predicted molar refractivity (Wildman–Crippen MR) is 70.0 cm³/mol. The maximum atomic E-state index is 12.0. The summed E-state index contributed by atoms with van der Waals surface area (Å²) in [5.41, 5.74) is 0. The van der Waals surface area contributed by atoms with Crippen LogP contribution in [0.2, 0.25) is 0 Å². The van der Waals surface area contributed by atoms with Crippen LogP contribution < -0.4 is 5.32 Å². The predicted octanol–water partition coefficient (Wildman–Crippen LogP) is 0.279. The highest BCUT2D eigenvalue weighted by Gasteiger charge is 2.22. The van der Waals surface area contributed by atoms with Gasteiger partial charge in [0, 0.05) is 19.7 Å². The molecular formula is C12H24N2O5. The summed E-state index contributed by atoms with van der Waals surface area (Å²) in [6.45, 7) is 4.49. The Morgan fingerprint density at radius 1 is 1.32 bits per heavy atom. The third-order valence-electron chi connectivity index (χ3n) is 2.91. The van der Waals surface area contributed by atoms with Crippen LogP contribution in [0.25, 0.3) is 0 Å². The summed E-state index contributed by atoms with van der Waals surface area (Å²) in [5, 5.41) is 20.1. The molecule has 0 saturated carbocycles. The number of aliphatic hydroxyl groups is 1. The molecule has 19 heavy (non-hydrogen) atoms. The Bertz CT molecular complexity index is 281. The molecule has 3 N–H and O–H groups in total. The minimum absolute atomic E-state index is 0.0668. The van der Waals surface area contributed by atoms with Crippen LogP contribution >= 0.6 is 0 Å². The van der Waals surface area contributed by atoms with Crippen LogP contribution in [0.3, 0.4) is 0 Å². The second-order valence-corrected chi connectivity index (χ2v) is 4.20. The van der Waals surface area contributed by atoms with Gasteiger partial charge < -0.3 is 25.2 Å². The Balaban J connectivity index is 4.48. The number of methoxy groups -OCH3 is 1. The lowest BCUT2D eigenvalue weighted by atomic mass is 10.1. The smallest absolute Gasteiger partial charge is 0.334 e. The lowest BCUT2D eigenvalue weighted by molar-refractivity contribution is -0.146. The fourth-order valence-corrected chi connectivity index (χ4v) is 1.74. The molecule has 0 rings (SSSR count). The van der Waals surface area contributed by atoms with Crippen molar-refractivity contribution in [2.45, 2.75) is 38.8 Å². The third-order valence-corrected chi connectivity index (χ3v) is 2.91. The van der Waals surface area contributed by atoms with Crippen LogP contribution in [0.5, 0.6) is 0 Å². The van der Waals surface area contributed by atoms with Crippen molar-refractivity contribution < 1.29 is 24.5 Å². The molecule has 0 spiro atoms. The van der Waals surface area contributed by atoms with Crippen LogP contribution in [0.1, 0.15) is 26.7 Å². The number of nitrogens with zero attached hydrogens (tertiary/aromatic N) is 1. The molecule has 1 unspecified atom stereocenters. The molecule has 0 saturated heterocycles. The average molecular weight is 276 g/mol. The summed E-state index contributed by atoms with van der Waals surface area (Å²) in [4.78, 5) is 24.1. The van der Waals surface area contributed by atoms with E-state index in [2.05, 4.69) is 5.32 Å². The van der Waals surface area contributed by atoms with Gasteiger partial charge in [0.1, 0.15) is 0 Å². The number of rotatable bonds is 9. The van der Waals surface area contributed by atoms with Crippen LogP contribution in [-0.2, 0) is 9.53 Å². The van der Waals surface area contributed by atoms with Gasteiger partial charge >= 0.3 is 12.0 Å².